The third kappa shape index (κ3) is 5.48. The van der Waals surface area contributed by atoms with Crippen molar-refractivity contribution in [1.82, 2.24) is 9.62 Å². The highest BCUT2D eigenvalue weighted by Gasteiger charge is 2.29. The van der Waals surface area contributed by atoms with Gasteiger partial charge in [0.15, 0.2) is 6.10 Å². The van der Waals surface area contributed by atoms with Crippen LogP contribution in [0, 0.1) is 0 Å². The summed E-state index contributed by atoms with van der Waals surface area (Å²) in [7, 11) is -1.96. The number of piperidine rings is 1. The molecule has 1 heterocycles. The second-order valence-corrected chi connectivity index (χ2v) is 8.68. The fourth-order valence-corrected chi connectivity index (χ4v) is 4.60. The molecule has 0 spiro atoms. The quantitative estimate of drug-likeness (QED) is 0.747. The maximum absolute atomic E-state index is 12.7. The predicted octanol–water partition coefficient (Wildman–Crippen LogP) is 2.43. The largest absolute Gasteiger partial charge is 0.497 e. The average molecular weight is 419 g/mol. The summed E-state index contributed by atoms with van der Waals surface area (Å²) >= 11 is 0. The average Bonchev–Trinajstić information content (AvgIpc) is 2.74. The summed E-state index contributed by atoms with van der Waals surface area (Å²) in [6.07, 6.45) is 0.501. The Morgan fingerprint density at radius 1 is 1.03 bits per heavy atom. The highest BCUT2D eigenvalue weighted by molar-refractivity contribution is 7.89. The first-order valence-corrected chi connectivity index (χ1v) is 11.0. The minimum atomic E-state index is -3.55. The number of rotatable bonds is 7. The Bertz CT molecular complexity index is 908. The van der Waals surface area contributed by atoms with Crippen LogP contribution in [0.5, 0.6) is 11.5 Å². The molecule has 1 aliphatic rings. The Morgan fingerprint density at radius 2 is 1.62 bits per heavy atom. The molecule has 2 aromatic rings. The van der Waals surface area contributed by atoms with Gasteiger partial charge in [-0.25, -0.2) is 13.1 Å². The van der Waals surface area contributed by atoms with Gasteiger partial charge in [0, 0.05) is 19.1 Å². The van der Waals surface area contributed by atoms with Crippen molar-refractivity contribution >= 4 is 15.9 Å². The summed E-state index contributed by atoms with van der Waals surface area (Å²) in [6.45, 7) is 2.69. The van der Waals surface area contributed by atoms with E-state index in [0.29, 0.717) is 31.7 Å². The number of carbonyl (C=O) groups excluding carboxylic acids is 1. The fourth-order valence-electron chi connectivity index (χ4n) is 3.27. The van der Waals surface area contributed by atoms with Gasteiger partial charge in [-0.3, -0.25) is 4.79 Å². The number of hydrogen-bond donors (Lipinski definition) is 1. The van der Waals surface area contributed by atoms with E-state index in [1.54, 1.807) is 73.5 Å². The number of likely N-dealkylation sites (tertiary alicyclic amines) is 1. The SMILES string of the molecule is COc1ccc(OC(C)C(=O)N2CCC(NS(=O)(=O)c3ccccc3)CC2)cc1. The second kappa shape index (κ2) is 9.28. The molecule has 7 nitrogen and oxygen atoms in total. The maximum Gasteiger partial charge on any atom is 0.263 e. The Labute approximate surface area is 171 Å². The van der Waals surface area contributed by atoms with Gasteiger partial charge in [-0.15, -0.1) is 0 Å². The van der Waals surface area contributed by atoms with Crippen molar-refractivity contribution in [3.8, 4) is 11.5 Å². The van der Waals surface area contributed by atoms with E-state index in [2.05, 4.69) is 4.72 Å². The lowest BCUT2D eigenvalue weighted by atomic mass is 10.1. The molecule has 1 aliphatic heterocycles. The molecule has 156 valence electrons. The molecule has 8 heteroatoms. The van der Waals surface area contributed by atoms with E-state index in [9.17, 15) is 13.2 Å². The van der Waals surface area contributed by atoms with E-state index in [-0.39, 0.29) is 16.8 Å². The van der Waals surface area contributed by atoms with Crippen molar-refractivity contribution in [3.63, 3.8) is 0 Å². The minimum absolute atomic E-state index is 0.106. The molecule has 0 aliphatic carbocycles. The summed E-state index contributed by atoms with van der Waals surface area (Å²) in [6, 6.07) is 15.2. The van der Waals surface area contributed by atoms with Gasteiger partial charge in [-0.05, 0) is 56.2 Å². The van der Waals surface area contributed by atoms with Gasteiger partial charge in [0.05, 0.1) is 12.0 Å². The van der Waals surface area contributed by atoms with E-state index < -0.39 is 16.1 Å². The second-order valence-electron chi connectivity index (χ2n) is 6.97. The first-order valence-electron chi connectivity index (χ1n) is 9.56. The molecule has 2 aromatic carbocycles. The van der Waals surface area contributed by atoms with Crippen LogP contribution in [-0.2, 0) is 14.8 Å². The Kier molecular flexibility index (Phi) is 6.76. The van der Waals surface area contributed by atoms with Crippen LogP contribution in [0.1, 0.15) is 19.8 Å². The first kappa shape index (κ1) is 21.1. The Hall–Kier alpha value is -2.58. The molecule has 0 saturated carbocycles. The molecule has 0 aromatic heterocycles. The van der Waals surface area contributed by atoms with E-state index in [0.717, 1.165) is 5.75 Å². The van der Waals surface area contributed by atoms with Crippen molar-refractivity contribution in [2.75, 3.05) is 20.2 Å². The Morgan fingerprint density at radius 3 is 2.21 bits per heavy atom. The molecule has 1 atom stereocenters. The van der Waals surface area contributed by atoms with E-state index >= 15 is 0 Å². The van der Waals surface area contributed by atoms with Crippen LogP contribution in [0.4, 0.5) is 0 Å². The summed E-state index contributed by atoms with van der Waals surface area (Å²) in [5.74, 6) is 1.21. The third-order valence-corrected chi connectivity index (χ3v) is 6.44. The molecule has 1 amide bonds. The lowest BCUT2D eigenvalue weighted by Crippen LogP contribution is -2.49. The smallest absolute Gasteiger partial charge is 0.263 e. The van der Waals surface area contributed by atoms with Gasteiger partial charge in [0.2, 0.25) is 10.0 Å². The van der Waals surface area contributed by atoms with Gasteiger partial charge in [-0.2, -0.15) is 0 Å². The van der Waals surface area contributed by atoms with Crippen molar-refractivity contribution < 1.29 is 22.7 Å². The lowest BCUT2D eigenvalue weighted by Gasteiger charge is -2.33. The summed E-state index contributed by atoms with van der Waals surface area (Å²) in [5, 5.41) is 0. The number of carbonyl (C=O) groups is 1. The molecular formula is C21H26N2O5S. The van der Waals surface area contributed by atoms with Gasteiger partial charge in [-0.1, -0.05) is 18.2 Å². The topological polar surface area (TPSA) is 84.9 Å². The first-order chi connectivity index (χ1) is 13.9. The zero-order valence-electron chi connectivity index (χ0n) is 16.6. The number of sulfonamides is 1. The minimum Gasteiger partial charge on any atom is -0.497 e. The van der Waals surface area contributed by atoms with Gasteiger partial charge in [0.25, 0.3) is 5.91 Å². The van der Waals surface area contributed by atoms with Gasteiger partial charge >= 0.3 is 0 Å². The zero-order chi connectivity index (χ0) is 20.9. The van der Waals surface area contributed by atoms with Crippen LogP contribution in [0.25, 0.3) is 0 Å². The summed E-state index contributed by atoms with van der Waals surface area (Å²) < 4.78 is 38.5. The molecule has 29 heavy (non-hydrogen) atoms. The Balaban J connectivity index is 1.51. The van der Waals surface area contributed by atoms with Crippen LogP contribution in [-0.4, -0.2) is 51.6 Å². The molecule has 0 bridgehead atoms. The van der Waals surface area contributed by atoms with Crippen molar-refractivity contribution in [3.05, 3.63) is 54.6 Å². The van der Waals surface area contributed by atoms with Crippen LogP contribution < -0.4 is 14.2 Å². The highest BCUT2D eigenvalue weighted by atomic mass is 32.2. The monoisotopic (exact) mass is 418 g/mol. The molecule has 3 rings (SSSR count). The third-order valence-electron chi connectivity index (χ3n) is 4.90. The normalized spacial score (nSPS) is 16.3. The van der Waals surface area contributed by atoms with Crippen LogP contribution in [0.15, 0.2) is 59.5 Å². The number of nitrogens with zero attached hydrogens (tertiary/aromatic N) is 1. The number of nitrogens with one attached hydrogen (secondary N) is 1. The number of hydrogen-bond acceptors (Lipinski definition) is 5. The van der Waals surface area contributed by atoms with E-state index in [1.165, 1.54) is 0 Å². The van der Waals surface area contributed by atoms with E-state index in [4.69, 9.17) is 9.47 Å². The lowest BCUT2D eigenvalue weighted by molar-refractivity contribution is -0.139. The van der Waals surface area contributed by atoms with Gasteiger partial charge < -0.3 is 14.4 Å². The van der Waals surface area contributed by atoms with Crippen LogP contribution in [0.2, 0.25) is 0 Å². The van der Waals surface area contributed by atoms with Crippen LogP contribution >= 0.6 is 0 Å². The van der Waals surface area contributed by atoms with Crippen molar-refractivity contribution in [1.29, 1.82) is 0 Å². The van der Waals surface area contributed by atoms with Crippen molar-refractivity contribution in [2.24, 2.45) is 0 Å². The maximum atomic E-state index is 12.7. The summed E-state index contributed by atoms with van der Waals surface area (Å²) in [4.78, 5) is 14.7. The highest BCUT2D eigenvalue weighted by Crippen LogP contribution is 2.20. The van der Waals surface area contributed by atoms with Gasteiger partial charge in [0.1, 0.15) is 11.5 Å². The summed E-state index contributed by atoms with van der Waals surface area (Å²) in [5.41, 5.74) is 0. The molecule has 1 saturated heterocycles. The standard InChI is InChI=1S/C21H26N2O5S/c1-16(28-19-10-8-18(27-2)9-11-19)21(24)23-14-12-17(13-15-23)22-29(25,26)20-6-4-3-5-7-20/h3-11,16-17,22H,12-15H2,1-2H3. The van der Waals surface area contributed by atoms with Crippen molar-refractivity contribution in [2.45, 2.75) is 36.8 Å². The number of benzene rings is 2. The molecule has 1 unspecified atom stereocenters. The van der Waals surface area contributed by atoms with Crippen LogP contribution in [0.3, 0.4) is 0 Å². The molecular weight excluding hydrogens is 392 g/mol. The molecule has 1 N–H and O–H groups in total. The molecule has 0 radical (unpaired) electrons. The predicted molar refractivity (Wildman–Crippen MR) is 109 cm³/mol. The number of amides is 1. The van der Waals surface area contributed by atoms with E-state index in [1.807, 2.05) is 0 Å². The number of ether oxygens (including phenoxy) is 2. The zero-order valence-corrected chi connectivity index (χ0v) is 17.4. The number of methoxy groups -OCH3 is 1. The molecule has 1 fully saturated rings. The fraction of sp³-hybridized carbons (Fsp3) is 0.381.